The number of aromatic nitrogens is 4. The molecular weight excluding hydrogens is 366 g/mol. The van der Waals surface area contributed by atoms with E-state index in [4.69, 9.17) is 0 Å². The van der Waals surface area contributed by atoms with Crippen LogP contribution in [0.5, 0.6) is 0 Å². The van der Waals surface area contributed by atoms with Crippen LogP contribution in [0.4, 0.5) is 14.7 Å². The number of nitrogens with zero attached hydrogens (tertiary/aromatic N) is 5. The smallest absolute Gasteiger partial charge is 0.242 e. The van der Waals surface area contributed by atoms with Gasteiger partial charge in [-0.3, -0.25) is 0 Å². The van der Waals surface area contributed by atoms with Crippen LogP contribution in [0.3, 0.4) is 0 Å². The fraction of sp³-hybridized carbons (Fsp3) is 0.667. The van der Waals surface area contributed by atoms with Gasteiger partial charge in [-0.05, 0) is 12.8 Å². The number of nitrogens with one attached hydrogen (secondary N) is 1. The SMILES string of the molecule is CCC(C)c1nc(F)c2cnc(N[C@@H]3CCN(S(C)(=O)=O)C[C@H]3F)nn12. The minimum Gasteiger partial charge on any atom is -0.347 e. The monoisotopic (exact) mass is 388 g/mol. The molecule has 1 aliphatic heterocycles. The predicted octanol–water partition coefficient (Wildman–Crippen LogP) is 1.56. The Labute approximate surface area is 150 Å². The lowest BCUT2D eigenvalue weighted by atomic mass is 10.1. The van der Waals surface area contributed by atoms with E-state index in [0.717, 1.165) is 17.0 Å². The first-order valence-electron chi connectivity index (χ1n) is 8.47. The third kappa shape index (κ3) is 3.63. The highest BCUT2D eigenvalue weighted by Gasteiger charge is 2.33. The molecule has 0 spiro atoms. The third-order valence-electron chi connectivity index (χ3n) is 4.71. The zero-order chi connectivity index (χ0) is 19.1. The Hall–Kier alpha value is -1.88. The Morgan fingerprint density at radius 2 is 2.19 bits per heavy atom. The van der Waals surface area contributed by atoms with Gasteiger partial charge in [0.15, 0.2) is 0 Å². The average Bonchev–Trinajstić information content (AvgIpc) is 2.91. The van der Waals surface area contributed by atoms with Crippen molar-refractivity contribution in [1.82, 2.24) is 23.9 Å². The second-order valence-electron chi connectivity index (χ2n) is 6.63. The van der Waals surface area contributed by atoms with Gasteiger partial charge < -0.3 is 5.32 Å². The van der Waals surface area contributed by atoms with Crippen molar-refractivity contribution in [2.24, 2.45) is 0 Å². The maximum atomic E-state index is 14.4. The van der Waals surface area contributed by atoms with E-state index in [1.807, 2.05) is 13.8 Å². The molecule has 1 aliphatic rings. The molecule has 0 aliphatic carbocycles. The molecule has 1 unspecified atom stereocenters. The summed E-state index contributed by atoms with van der Waals surface area (Å²) in [7, 11) is -3.42. The van der Waals surface area contributed by atoms with Crippen LogP contribution in [0.15, 0.2) is 6.20 Å². The second kappa shape index (κ2) is 7.03. The number of halogens is 2. The van der Waals surface area contributed by atoms with E-state index < -0.39 is 28.2 Å². The lowest BCUT2D eigenvalue weighted by molar-refractivity contribution is 0.186. The van der Waals surface area contributed by atoms with Crippen molar-refractivity contribution >= 4 is 21.5 Å². The van der Waals surface area contributed by atoms with Crippen LogP contribution in [0.1, 0.15) is 38.4 Å². The molecule has 1 saturated heterocycles. The van der Waals surface area contributed by atoms with Crippen molar-refractivity contribution in [3.8, 4) is 0 Å². The number of piperidine rings is 1. The number of anilines is 1. The van der Waals surface area contributed by atoms with Crippen molar-refractivity contribution in [3.05, 3.63) is 18.0 Å². The lowest BCUT2D eigenvalue weighted by Crippen LogP contribution is -2.49. The zero-order valence-electron chi connectivity index (χ0n) is 14.9. The van der Waals surface area contributed by atoms with Gasteiger partial charge >= 0.3 is 0 Å². The number of hydrogen-bond acceptors (Lipinski definition) is 6. The van der Waals surface area contributed by atoms with Crippen LogP contribution < -0.4 is 5.32 Å². The summed E-state index contributed by atoms with van der Waals surface area (Å²) in [5.41, 5.74) is 0.162. The molecule has 1 fully saturated rings. The minimum absolute atomic E-state index is 0.00155. The van der Waals surface area contributed by atoms with Crippen LogP contribution in [-0.4, -0.2) is 63.9 Å². The molecule has 26 heavy (non-hydrogen) atoms. The van der Waals surface area contributed by atoms with E-state index in [1.165, 1.54) is 10.7 Å². The summed E-state index contributed by atoms with van der Waals surface area (Å²) >= 11 is 0. The molecule has 11 heteroatoms. The predicted molar refractivity (Wildman–Crippen MR) is 92.8 cm³/mol. The first-order chi connectivity index (χ1) is 12.2. The summed E-state index contributed by atoms with van der Waals surface area (Å²) < 4.78 is 53.9. The van der Waals surface area contributed by atoms with Crippen molar-refractivity contribution in [3.63, 3.8) is 0 Å². The van der Waals surface area contributed by atoms with E-state index in [1.54, 1.807) is 0 Å². The largest absolute Gasteiger partial charge is 0.347 e. The summed E-state index contributed by atoms with van der Waals surface area (Å²) in [6, 6.07) is -0.620. The molecule has 1 N–H and O–H groups in total. The van der Waals surface area contributed by atoms with Gasteiger partial charge in [0.2, 0.25) is 21.9 Å². The molecular formula is C15H22F2N6O2S. The molecule has 0 radical (unpaired) electrons. The zero-order valence-corrected chi connectivity index (χ0v) is 15.7. The third-order valence-corrected chi connectivity index (χ3v) is 5.98. The van der Waals surface area contributed by atoms with E-state index >= 15 is 0 Å². The fourth-order valence-corrected chi connectivity index (χ4v) is 3.80. The average molecular weight is 388 g/mol. The summed E-state index contributed by atoms with van der Waals surface area (Å²) in [5.74, 6) is -0.00703. The number of sulfonamides is 1. The summed E-state index contributed by atoms with van der Waals surface area (Å²) in [5, 5.41) is 7.15. The first-order valence-corrected chi connectivity index (χ1v) is 10.3. The van der Waals surface area contributed by atoms with E-state index in [0.29, 0.717) is 5.82 Å². The number of hydrogen-bond donors (Lipinski definition) is 1. The normalized spacial score (nSPS) is 23.3. The number of imidazole rings is 1. The van der Waals surface area contributed by atoms with Gasteiger partial charge in [-0.1, -0.05) is 13.8 Å². The molecule has 2 aromatic rings. The molecule has 0 bridgehead atoms. The molecule has 3 heterocycles. The van der Waals surface area contributed by atoms with Crippen LogP contribution >= 0.6 is 0 Å². The van der Waals surface area contributed by atoms with Gasteiger partial charge in [0, 0.05) is 19.0 Å². The highest BCUT2D eigenvalue weighted by Crippen LogP contribution is 2.22. The fourth-order valence-electron chi connectivity index (χ4n) is 2.95. The number of rotatable bonds is 5. The molecule has 3 rings (SSSR count). The molecule has 2 aromatic heterocycles. The van der Waals surface area contributed by atoms with E-state index in [2.05, 4.69) is 20.4 Å². The first kappa shape index (κ1) is 18.9. The van der Waals surface area contributed by atoms with E-state index in [-0.39, 0.29) is 36.9 Å². The number of alkyl halides is 1. The topological polar surface area (TPSA) is 92.5 Å². The molecule has 144 valence electrons. The van der Waals surface area contributed by atoms with E-state index in [9.17, 15) is 17.2 Å². The Balaban J connectivity index is 1.81. The van der Waals surface area contributed by atoms with Crippen molar-refractivity contribution in [2.45, 2.75) is 44.8 Å². The highest BCUT2D eigenvalue weighted by atomic mass is 32.2. The lowest BCUT2D eigenvalue weighted by Gasteiger charge is -2.33. The summed E-state index contributed by atoms with van der Waals surface area (Å²) in [6.45, 7) is 3.89. The van der Waals surface area contributed by atoms with Gasteiger partial charge in [-0.25, -0.2) is 27.3 Å². The van der Waals surface area contributed by atoms with Crippen molar-refractivity contribution in [2.75, 3.05) is 24.7 Å². The molecule has 0 amide bonds. The van der Waals surface area contributed by atoms with Gasteiger partial charge in [0.05, 0.1) is 18.5 Å². The summed E-state index contributed by atoms with van der Waals surface area (Å²) in [6.07, 6.45) is 2.02. The Kier molecular flexibility index (Phi) is 5.11. The number of fused-ring (bicyclic) bond motifs is 1. The van der Waals surface area contributed by atoms with Crippen LogP contribution in [-0.2, 0) is 10.0 Å². The van der Waals surface area contributed by atoms with Gasteiger partial charge in [0.25, 0.3) is 0 Å². The second-order valence-corrected chi connectivity index (χ2v) is 8.61. The molecule has 8 nitrogen and oxygen atoms in total. The van der Waals surface area contributed by atoms with Crippen molar-refractivity contribution in [1.29, 1.82) is 0 Å². The quantitative estimate of drug-likeness (QED) is 0.836. The maximum Gasteiger partial charge on any atom is 0.242 e. The Bertz CT molecular complexity index is 903. The Morgan fingerprint density at radius 1 is 1.46 bits per heavy atom. The maximum absolute atomic E-state index is 14.4. The van der Waals surface area contributed by atoms with Gasteiger partial charge in [-0.2, -0.15) is 8.70 Å². The standard InChI is InChI=1S/C15H22F2N6O2S/c1-4-9(2)14-20-13(17)12-7-18-15(21-23(12)14)19-11-5-6-22(8-10(11)16)26(3,24)25/h7,9-11H,4-6,8H2,1-3H3,(H,19,21)/t9?,10-,11-/m1/s1. The Morgan fingerprint density at radius 3 is 2.81 bits per heavy atom. The van der Waals surface area contributed by atoms with Crippen LogP contribution in [0, 0.1) is 5.95 Å². The van der Waals surface area contributed by atoms with Crippen LogP contribution in [0.25, 0.3) is 5.52 Å². The summed E-state index contributed by atoms with van der Waals surface area (Å²) in [4.78, 5) is 7.96. The van der Waals surface area contributed by atoms with Gasteiger partial charge in [0.1, 0.15) is 17.5 Å². The molecule has 0 aromatic carbocycles. The highest BCUT2D eigenvalue weighted by molar-refractivity contribution is 7.88. The minimum atomic E-state index is -3.42. The van der Waals surface area contributed by atoms with Crippen molar-refractivity contribution < 1.29 is 17.2 Å². The van der Waals surface area contributed by atoms with Crippen LogP contribution in [0.2, 0.25) is 0 Å². The van der Waals surface area contributed by atoms with Gasteiger partial charge in [-0.15, -0.1) is 5.10 Å². The molecule has 3 atom stereocenters. The molecule has 0 saturated carbocycles.